The van der Waals surface area contributed by atoms with Gasteiger partial charge in [0.15, 0.2) is 0 Å². The van der Waals surface area contributed by atoms with Crippen LogP contribution in [0.5, 0.6) is 0 Å². The molecule has 1 aromatic carbocycles. The molecule has 0 aliphatic rings. The lowest BCUT2D eigenvalue weighted by atomic mass is 9.98. The van der Waals surface area contributed by atoms with E-state index >= 15 is 0 Å². The Hall–Kier alpha value is 0.180. The number of benzene rings is 1. The van der Waals surface area contributed by atoms with Crippen molar-refractivity contribution in [2.24, 2.45) is 0 Å². The van der Waals surface area contributed by atoms with Crippen LogP contribution in [0.2, 0.25) is 0 Å². The summed E-state index contributed by atoms with van der Waals surface area (Å²) in [6.07, 6.45) is 4.83. The van der Waals surface area contributed by atoms with Gasteiger partial charge < -0.3 is 0 Å². The molecule has 84 valence electrons. The summed E-state index contributed by atoms with van der Waals surface area (Å²) in [6, 6.07) is 6.81. The van der Waals surface area contributed by atoms with E-state index in [9.17, 15) is 0 Å². The molecule has 0 radical (unpaired) electrons. The molecular weight excluding hydrogens is 316 g/mol. The normalized spacial score (nSPS) is 11.0. The maximum absolute atomic E-state index is 3.55. The minimum Gasteiger partial charge on any atom is -0.0712 e. The van der Waals surface area contributed by atoms with Gasteiger partial charge in [-0.15, -0.1) is 0 Å². The summed E-state index contributed by atoms with van der Waals surface area (Å²) in [5.74, 6) is 0. The molecule has 0 heterocycles. The van der Waals surface area contributed by atoms with Gasteiger partial charge in [-0.1, -0.05) is 76.7 Å². The predicted octanol–water partition coefficient (Wildman–Crippen LogP) is 5.38. The molecule has 0 aliphatic carbocycles. The molecule has 0 saturated carbocycles. The molecule has 0 aliphatic heterocycles. The average Bonchev–Trinajstić information content (AvgIpc) is 2.21. The van der Waals surface area contributed by atoms with Gasteiger partial charge in [0.25, 0.3) is 0 Å². The fraction of sp³-hybridized carbons (Fsp3) is 0.538. The van der Waals surface area contributed by atoms with Crippen LogP contribution in [0, 0.1) is 0 Å². The van der Waals surface area contributed by atoms with Crippen LogP contribution in [0.15, 0.2) is 18.2 Å². The van der Waals surface area contributed by atoms with Gasteiger partial charge in [-0.3, -0.25) is 0 Å². The minimum absolute atomic E-state index is 0.274. The lowest BCUT2D eigenvalue weighted by molar-refractivity contribution is 0.859. The number of halogens is 2. The second-order valence-corrected chi connectivity index (χ2v) is 6.89. The average molecular weight is 334 g/mol. The number of rotatable bonds is 5. The van der Waals surface area contributed by atoms with E-state index in [0.29, 0.717) is 0 Å². The Labute approximate surface area is 110 Å². The summed E-state index contributed by atoms with van der Waals surface area (Å²) in [4.78, 5) is 0. The molecule has 0 bridgehead atoms. The Balaban J connectivity index is 2.97. The predicted molar refractivity (Wildman–Crippen MR) is 75.0 cm³/mol. The summed E-state index contributed by atoms with van der Waals surface area (Å²) in [7, 11) is 0. The molecule has 15 heavy (non-hydrogen) atoms. The van der Waals surface area contributed by atoms with Crippen molar-refractivity contribution in [3.63, 3.8) is 0 Å². The maximum Gasteiger partial charge on any atom is 0.0946 e. The fourth-order valence-corrected chi connectivity index (χ4v) is 2.37. The number of hydrogen-bond donors (Lipinski definition) is 0. The second-order valence-electron chi connectivity index (χ2n) is 3.83. The zero-order valence-electron chi connectivity index (χ0n) is 9.39. The highest BCUT2D eigenvalue weighted by molar-refractivity contribution is 9.24. The van der Waals surface area contributed by atoms with Gasteiger partial charge in [-0.2, -0.15) is 0 Å². The molecule has 1 aromatic rings. The van der Waals surface area contributed by atoms with Gasteiger partial charge in [0.2, 0.25) is 0 Å². The van der Waals surface area contributed by atoms with Gasteiger partial charge in [0.1, 0.15) is 0 Å². The van der Waals surface area contributed by atoms with E-state index in [2.05, 4.69) is 63.9 Å². The van der Waals surface area contributed by atoms with Gasteiger partial charge >= 0.3 is 0 Å². The third kappa shape index (κ3) is 3.92. The lowest BCUT2D eigenvalue weighted by Gasteiger charge is -2.11. The Morgan fingerprint density at radius 2 is 1.60 bits per heavy atom. The molecule has 0 nitrogen and oxygen atoms in total. The van der Waals surface area contributed by atoms with E-state index in [1.807, 2.05) is 0 Å². The lowest BCUT2D eigenvalue weighted by Crippen LogP contribution is -1.95. The van der Waals surface area contributed by atoms with Crippen LogP contribution in [0.4, 0.5) is 0 Å². The van der Waals surface area contributed by atoms with Gasteiger partial charge in [-0.05, 0) is 29.5 Å². The quantitative estimate of drug-likeness (QED) is 0.634. The third-order valence-corrected chi connectivity index (χ3v) is 3.58. The Bertz CT molecular complexity index is 305. The SMILES string of the molecule is CCCc1ccc(C(Br)Br)cc1CCC. The van der Waals surface area contributed by atoms with Crippen molar-refractivity contribution in [1.29, 1.82) is 0 Å². The number of hydrogen-bond acceptors (Lipinski definition) is 0. The molecule has 0 amide bonds. The molecular formula is C13H18Br2. The summed E-state index contributed by atoms with van der Waals surface area (Å²) >= 11 is 7.10. The third-order valence-electron chi connectivity index (χ3n) is 2.52. The zero-order chi connectivity index (χ0) is 11.3. The zero-order valence-corrected chi connectivity index (χ0v) is 12.6. The van der Waals surface area contributed by atoms with Crippen molar-refractivity contribution in [2.75, 3.05) is 0 Å². The van der Waals surface area contributed by atoms with E-state index in [1.165, 1.54) is 42.4 Å². The molecule has 0 N–H and O–H groups in total. The molecule has 0 atom stereocenters. The first-order valence-electron chi connectivity index (χ1n) is 5.58. The Kier molecular flexibility index (Phi) is 5.91. The standard InChI is InChI=1S/C13H18Br2/c1-3-5-10-7-8-12(13(14)15)9-11(10)6-4-2/h7-9,13H,3-6H2,1-2H3. The van der Waals surface area contributed by atoms with Crippen molar-refractivity contribution in [2.45, 2.75) is 43.3 Å². The Morgan fingerprint density at radius 3 is 2.13 bits per heavy atom. The summed E-state index contributed by atoms with van der Waals surface area (Å²) in [5.41, 5.74) is 4.35. The van der Waals surface area contributed by atoms with E-state index < -0.39 is 0 Å². The second kappa shape index (κ2) is 6.70. The molecule has 2 heteroatoms. The van der Waals surface area contributed by atoms with E-state index in [-0.39, 0.29) is 3.74 Å². The van der Waals surface area contributed by atoms with Crippen LogP contribution in [0.25, 0.3) is 0 Å². The highest BCUT2D eigenvalue weighted by Crippen LogP contribution is 2.30. The number of alkyl halides is 2. The monoisotopic (exact) mass is 332 g/mol. The summed E-state index contributed by atoms with van der Waals surface area (Å²) < 4.78 is 0.274. The molecule has 0 unspecified atom stereocenters. The van der Waals surface area contributed by atoms with E-state index in [4.69, 9.17) is 0 Å². The number of aryl methyl sites for hydroxylation is 2. The van der Waals surface area contributed by atoms with Gasteiger partial charge in [0, 0.05) is 0 Å². The molecule has 0 saturated heterocycles. The fourth-order valence-electron chi connectivity index (χ4n) is 1.80. The first-order valence-corrected chi connectivity index (χ1v) is 7.42. The smallest absolute Gasteiger partial charge is 0.0712 e. The summed E-state index contributed by atoms with van der Waals surface area (Å²) in [6.45, 7) is 4.48. The van der Waals surface area contributed by atoms with Crippen molar-refractivity contribution >= 4 is 31.9 Å². The largest absolute Gasteiger partial charge is 0.0946 e. The van der Waals surface area contributed by atoms with Crippen LogP contribution < -0.4 is 0 Å². The topological polar surface area (TPSA) is 0 Å². The first kappa shape index (κ1) is 13.2. The molecule has 0 aromatic heterocycles. The van der Waals surface area contributed by atoms with Crippen molar-refractivity contribution in [3.8, 4) is 0 Å². The van der Waals surface area contributed by atoms with Crippen molar-refractivity contribution < 1.29 is 0 Å². The molecule has 1 rings (SSSR count). The van der Waals surface area contributed by atoms with Gasteiger partial charge in [0.05, 0.1) is 3.74 Å². The van der Waals surface area contributed by atoms with Crippen LogP contribution in [0.1, 0.15) is 47.1 Å². The first-order chi connectivity index (χ1) is 7.19. The highest BCUT2D eigenvalue weighted by Gasteiger charge is 2.06. The van der Waals surface area contributed by atoms with Crippen molar-refractivity contribution in [3.05, 3.63) is 34.9 Å². The summed E-state index contributed by atoms with van der Waals surface area (Å²) in [5, 5.41) is 0. The van der Waals surface area contributed by atoms with Crippen LogP contribution >= 0.6 is 31.9 Å². The Morgan fingerprint density at radius 1 is 1.00 bits per heavy atom. The molecule has 0 spiro atoms. The van der Waals surface area contributed by atoms with E-state index in [1.54, 1.807) is 0 Å². The highest BCUT2D eigenvalue weighted by atomic mass is 79.9. The van der Waals surface area contributed by atoms with E-state index in [0.717, 1.165) is 0 Å². The van der Waals surface area contributed by atoms with Crippen LogP contribution in [-0.4, -0.2) is 0 Å². The van der Waals surface area contributed by atoms with Crippen molar-refractivity contribution in [1.82, 2.24) is 0 Å². The van der Waals surface area contributed by atoms with Crippen LogP contribution in [0.3, 0.4) is 0 Å². The molecule has 0 fully saturated rings. The maximum atomic E-state index is 3.55. The van der Waals surface area contributed by atoms with Crippen LogP contribution in [-0.2, 0) is 12.8 Å². The minimum atomic E-state index is 0.274. The van der Waals surface area contributed by atoms with Gasteiger partial charge in [-0.25, -0.2) is 0 Å².